The average molecular weight is 240 g/mol. The van der Waals surface area contributed by atoms with Crippen molar-refractivity contribution in [2.45, 2.75) is 26.1 Å². The maximum absolute atomic E-state index is 11.5. The van der Waals surface area contributed by atoms with Gasteiger partial charge in [-0.15, -0.1) is 11.6 Å². The van der Waals surface area contributed by atoms with Crippen LogP contribution in [0.2, 0.25) is 0 Å². The zero-order valence-electron chi connectivity index (χ0n) is 9.50. The molecule has 86 valence electrons. The highest BCUT2D eigenvalue weighted by atomic mass is 35.5. The molecule has 0 aliphatic carbocycles. The zero-order chi connectivity index (χ0) is 12.3. The van der Waals surface area contributed by atoms with Crippen molar-refractivity contribution in [1.82, 2.24) is 0 Å². The van der Waals surface area contributed by atoms with Gasteiger partial charge in [-0.1, -0.05) is 17.7 Å². The normalized spacial score (nSPS) is 12.0. The summed E-state index contributed by atoms with van der Waals surface area (Å²) in [6.45, 7) is 5.15. The van der Waals surface area contributed by atoms with Crippen molar-refractivity contribution in [2.75, 3.05) is 5.32 Å². The number of amides is 1. The van der Waals surface area contributed by atoms with Gasteiger partial charge in [0.1, 0.15) is 0 Å². The molecule has 1 N–H and O–H groups in total. The molecule has 0 heterocycles. The molecule has 1 aromatic rings. The predicted molar refractivity (Wildman–Crippen MR) is 64.9 cm³/mol. The Labute approximate surface area is 99.8 Å². The molecule has 0 aromatic heterocycles. The molecule has 0 radical (unpaired) electrons. The summed E-state index contributed by atoms with van der Waals surface area (Å²) in [5.41, 5.74) is 2.74. The molecule has 0 bridgehead atoms. The van der Waals surface area contributed by atoms with E-state index >= 15 is 0 Å². The van der Waals surface area contributed by atoms with Gasteiger partial charge in [-0.3, -0.25) is 9.59 Å². The first-order chi connectivity index (χ1) is 7.41. The molecule has 1 amide bonds. The van der Waals surface area contributed by atoms with Gasteiger partial charge in [-0.2, -0.15) is 0 Å². The number of hydrogen-bond donors (Lipinski definition) is 1. The van der Waals surface area contributed by atoms with Gasteiger partial charge in [0, 0.05) is 5.69 Å². The smallest absolute Gasteiger partial charge is 0.250 e. The molecule has 1 rings (SSSR count). The van der Waals surface area contributed by atoms with Crippen molar-refractivity contribution in [3.8, 4) is 0 Å². The molecule has 0 saturated heterocycles. The van der Waals surface area contributed by atoms with E-state index in [1.807, 2.05) is 26.0 Å². The summed E-state index contributed by atoms with van der Waals surface area (Å²) in [5, 5.41) is 1.50. The molecule has 4 heteroatoms. The number of nitrogens with one attached hydrogen (secondary N) is 1. The van der Waals surface area contributed by atoms with E-state index in [-0.39, 0.29) is 5.78 Å². The van der Waals surface area contributed by atoms with Crippen LogP contribution in [0.15, 0.2) is 18.2 Å². The van der Waals surface area contributed by atoms with Gasteiger partial charge in [0.05, 0.1) is 0 Å². The third-order valence-electron chi connectivity index (χ3n) is 2.23. The Morgan fingerprint density at radius 2 is 1.94 bits per heavy atom. The maximum atomic E-state index is 11.5. The maximum Gasteiger partial charge on any atom is 0.250 e. The Kier molecular flexibility index (Phi) is 4.07. The first kappa shape index (κ1) is 12.7. The number of ketones is 1. The first-order valence-electron chi connectivity index (χ1n) is 4.94. The molecule has 0 saturated carbocycles. The molecule has 0 spiro atoms. The standard InChI is InChI=1S/C12H14ClNO2/c1-7-4-5-10(8(2)6-7)14-12(16)11(13)9(3)15/h4-6,11H,1-3H3,(H,14,16). The SMILES string of the molecule is CC(=O)C(Cl)C(=O)Nc1ccc(C)cc1C. The fourth-order valence-electron chi connectivity index (χ4n) is 1.33. The van der Waals surface area contributed by atoms with Gasteiger partial charge in [0.25, 0.3) is 0 Å². The molecule has 1 unspecified atom stereocenters. The molecule has 0 fully saturated rings. The number of benzene rings is 1. The number of anilines is 1. The summed E-state index contributed by atoms with van der Waals surface area (Å²) in [7, 11) is 0. The van der Waals surface area contributed by atoms with Crippen LogP contribution in [0.5, 0.6) is 0 Å². The van der Waals surface area contributed by atoms with Crippen molar-refractivity contribution in [2.24, 2.45) is 0 Å². The van der Waals surface area contributed by atoms with Crippen molar-refractivity contribution in [3.63, 3.8) is 0 Å². The number of carbonyl (C=O) groups is 2. The number of carbonyl (C=O) groups excluding carboxylic acids is 2. The van der Waals surface area contributed by atoms with Crippen molar-refractivity contribution in [3.05, 3.63) is 29.3 Å². The molecule has 3 nitrogen and oxygen atoms in total. The second kappa shape index (κ2) is 5.12. The van der Waals surface area contributed by atoms with Crippen LogP contribution in [-0.4, -0.2) is 17.1 Å². The van der Waals surface area contributed by atoms with E-state index in [9.17, 15) is 9.59 Å². The lowest BCUT2D eigenvalue weighted by atomic mass is 10.1. The molecule has 0 aliphatic heterocycles. The molecular formula is C12H14ClNO2. The Morgan fingerprint density at radius 3 is 2.44 bits per heavy atom. The third-order valence-corrected chi connectivity index (χ3v) is 2.73. The van der Waals surface area contributed by atoms with Gasteiger partial charge in [0.2, 0.25) is 5.91 Å². The van der Waals surface area contributed by atoms with Crippen molar-refractivity contribution < 1.29 is 9.59 Å². The van der Waals surface area contributed by atoms with E-state index < -0.39 is 11.3 Å². The quantitative estimate of drug-likeness (QED) is 0.651. The summed E-state index contributed by atoms with van der Waals surface area (Å²) in [6.07, 6.45) is 0. The van der Waals surface area contributed by atoms with Crippen LogP contribution in [0.25, 0.3) is 0 Å². The van der Waals surface area contributed by atoms with E-state index in [2.05, 4.69) is 5.32 Å². The van der Waals surface area contributed by atoms with Crippen LogP contribution in [0.1, 0.15) is 18.1 Å². The summed E-state index contributed by atoms with van der Waals surface area (Å²) >= 11 is 5.64. The highest BCUT2D eigenvalue weighted by molar-refractivity contribution is 6.43. The predicted octanol–water partition coefficient (Wildman–Crippen LogP) is 2.44. The van der Waals surface area contributed by atoms with Crippen LogP contribution in [0.4, 0.5) is 5.69 Å². The van der Waals surface area contributed by atoms with Crippen LogP contribution in [0.3, 0.4) is 0 Å². The average Bonchev–Trinajstić information content (AvgIpc) is 2.20. The van der Waals surface area contributed by atoms with Gasteiger partial charge in [-0.25, -0.2) is 0 Å². The number of alkyl halides is 1. The van der Waals surface area contributed by atoms with E-state index in [0.29, 0.717) is 5.69 Å². The van der Waals surface area contributed by atoms with Gasteiger partial charge in [-0.05, 0) is 32.4 Å². The summed E-state index contributed by atoms with van der Waals surface area (Å²) in [6, 6.07) is 5.64. The molecule has 16 heavy (non-hydrogen) atoms. The minimum atomic E-state index is -1.12. The highest BCUT2D eigenvalue weighted by Gasteiger charge is 2.20. The van der Waals surface area contributed by atoms with Crippen LogP contribution >= 0.6 is 11.6 Å². The molecule has 0 aliphatic rings. The Hall–Kier alpha value is -1.35. The highest BCUT2D eigenvalue weighted by Crippen LogP contribution is 2.16. The van der Waals surface area contributed by atoms with Gasteiger partial charge < -0.3 is 5.32 Å². The fourth-order valence-corrected chi connectivity index (χ4v) is 1.39. The number of rotatable bonds is 3. The monoisotopic (exact) mass is 239 g/mol. The van der Waals surface area contributed by atoms with Crippen molar-refractivity contribution in [1.29, 1.82) is 0 Å². The number of Topliss-reactive ketones (excluding diaryl/α,β-unsaturated/α-hetero) is 1. The molecule has 1 atom stereocenters. The van der Waals surface area contributed by atoms with E-state index in [0.717, 1.165) is 11.1 Å². The number of aryl methyl sites for hydroxylation is 2. The summed E-state index contributed by atoms with van der Waals surface area (Å²) in [4.78, 5) is 22.4. The lowest BCUT2D eigenvalue weighted by Crippen LogP contribution is -2.29. The first-order valence-corrected chi connectivity index (χ1v) is 5.38. The lowest BCUT2D eigenvalue weighted by molar-refractivity contribution is -0.123. The van der Waals surface area contributed by atoms with Crippen molar-refractivity contribution >= 4 is 29.0 Å². The Bertz CT molecular complexity index is 429. The number of halogens is 1. The minimum Gasteiger partial charge on any atom is -0.324 e. The van der Waals surface area contributed by atoms with Crippen LogP contribution in [0, 0.1) is 13.8 Å². The fraction of sp³-hybridized carbons (Fsp3) is 0.333. The van der Waals surface area contributed by atoms with E-state index in [4.69, 9.17) is 11.6 Å². The second-order valence-corrected chi connectivity index (χ2v) is 4.22. The zero-order valence-corrected chi connectivity index (χ0v) is 10.3. The minimum absolute atomic E-state index is 0.357. The second-order valence-electron chi connectivity index (χ2n) is 3.78. The van der Waals surface area contributed by atoms with Crippen LogP contribution < -0.4 is 5.32 Å². The third kappa shape index (κ3) is 3.07. The van der Waals surface area contributed by atoms with Gasteiger partial charge >= 0.3 is 0 Å². The largest absolute Gasteiger partial charge is 0.324 e. The number of hydrogen-bond acceptors (Lipinski definition) is 2. The van der Waals surface area contributed by atoms with Gasteiger partial charge in [0.15, 0.2) is 11.2 Å². The Morgan fingerprint density at radius 1 is 1.31 bits per heavy atom. The summed E-state index contributed by atoms with van der Waals surface area (Å²) in [5.74, 6) is -0.843. The summed E-state index contributed by atoms with van der Waals surface area (Å²) < 4.78 is 0. The van der Waals surface area contributed by atoms with E-state index in [1.165, 1.54) is 6.92 Å². The lowest BCUT2D eigenvalue weighted by Gasteiger charge is -2.10. The Balaban J connectivity index is 2.81. The molecule has 1 aromatic carbocycles. The topological polar surface area (TPSA) is 46.2 Å². The molecular weight excluding hydrogens is 226 g/mol. The van der Waals surface area contributed by atoms with Crippen LogP contribution in [-0.2, 0) is 9.59 Å². The van der Waals surface area contributed by atoms with E-state index in [1.54, 1.807) is 6.07 Å².